The standard InChI is InChI=1S/C49H76N2O13/c1-12-28-14-13-15-38(64-41-19-18-37(51(5)6)26(3)60-41)25(2)44(53)35-23-32-31-20-30(63-49-48(59-11)47(58-10)46(57-9)27(4)61-49)21-34(31)45(54)43(42(32)33(35)24-40(52)62-28)50-36-17-16-29(55-7)22-39(36)56-8/h16-17,22-23,25-28,30-34,37-38,41-43,45-50,54H,12-15,18-21,24H2,1-11H3/t25-,26?,27?,28+,30+,31+,32+,33-,34-,37+,38+,41+,42-,43-,45-,46+,47?,48?,49+/m1/s1. The lowest BCUT2D eigenvalue weighted by Gasteiger charge is -2.48. The molecular weight excluding hydrogens is 825 g/mol. The Morgan fingerprint density at radius 3 is 2.23 bits per heavy atom. The molecule has 4 unspecified atom stereocenters. The molecule has 0 bridgehead atoms. The Morgan fingerprint density at radius 1 is 0.844 bits per heavy atom. The van der Waals surface area contributed by atoms with Crippen molar-refractivity contribution in [2.45, 2.75) is 165 Å². The monoisotopic (exact) mass is 901 g/mol. The summed E-state index contributed by atoms with van der Waals surface area (Å²) in [6.07, 6.45) is 2.96. The number of benzene rings is 1. The van der Waals surface area contributed by atoms with Crippen LogP contribution >= 0.6 is 0 Å². The first-order valence-electron chi connectivity index (χ1n) is 23.7. The van der Waals surface area contributed by atoms with Gasteiger partial charge in [-0.25, -0.2) is 0 Å². The van der Waals surface area contributed by atoms with Gasteiger partial charge in [-0.3, -0.25) is 9.59 Å². The number of hydrogen-bond donors (Lipinski definition) is 2. The van der Waals surface area contributed by atoms with Crippen LogP contribution in [0.3, 0.4) is 0 Å². The van der Waals surface area contributed by atoms with E-state index in [2.05, 4.69) is 37.3 Å². The molecule has 19 atom stereocenters. The summed E-state index contributed by atoms with van der Waals surface area (Å²) in [4.78, 5) is 31.6. The number of likely N-dealkylation sites (N-methyl/N-ethyl adjacent to an activating group) is 1. The highest BCUT2D eigenvalue weighted by Gasteiger charge is 2.60. The Morgan fingerprint density at radius 2 is 1.58 bits per heavy atom. The fourth-order valence-electron chi connectivity index (χ4n) is 12.3. The number of anilines is 1. The van der Waals surface area contributed by atoms with Gasteiger partial charge in [0.1, 0.15) is 35.9 Å². The van der Waals surface area contributed by atoms with Crippen LogP contribution in [0, 0.1) is 35.5 Å². The average molecular weight is 901 g/mol. The van der Waals surface area contributed by atoms with Gasteiger partial charge in [0, 0.05) is 45.3 Å². The van der Waals surface area contributed by atoms with Crippen LogP contribution in [0.15, 0.2) is 29.8 Å². The maximum absolute atomic E-state index is 15.3. The SMILES string of the molecule is CC[C@H]1CCC[C@H](O[C@H]2CC[C@H](N(C)C)C(C)O2)[C@@H](C)C(=O)C2=C[C@H]3[C@@H]4C[C@H](O[C@@H]5OC(C)[C@H](OC)C(OC)C5OC)C[C@H]4[C@@H](O)[C@H](Nc4ccc(OC)cc4OC)[C@H]3[C@@H]2CC(=O)O1. The summed E-state index contributed by atoms with van der Waals surface area (Å²) in [5.74, 6) is -1.07. The van der Waals surface area contributed by atoms with Crippen molar-refractivity contribution in [1.82, 2.24) is 4.90 Å². The molecule has 3 heterocycles. The van der Waals surface area contributed by atoms with Crippen LogP contribution in [-0.2, 0) is 47.5 Å². The number of nitrogens with one attached hydrogen (secondary N) is 1. The second-order valence-corrected chi connectivity index (χ2v) is 19.3. The highest BCUT2D eigenvalue weighted by molar-refractivity contribution is 5.99. The molecule has 5 fully saturated rings. The van der Waals surface area contributed by atoms with Crippen molar-refractivity contribution in [2.24, 2.45) is 35.5 Å². The molecule has 3 aliphatic carbocycles. The second kappa shape index (κ2) is 21.4. The predicted octanol–water partition coefficient (Wildman–Crippen LogP) is 5.79. The lowest BCUT2D eigenvalue weighted by Crippen LogP contribution is -2.59. The molecule has 360 valence electrons. The van der Waals surface area contributed by atoms with Gasteiger partial charge in [-0.15, -0.1) is 0 Å². The predicted molar refractivity (Wildman–Crippen MR) is 238 cm³/mol. The largest absolute Gasteiger partial charge is 0.497 e. The highest BCUT2D eigenvalue weighted by Crippen LogP contribution is 2.58. The Bertz CT molecular complexity index is 1760. The first-order valence-corrected chi connectivity index (χ1v) is 23.7. The molecule has 1 aromatic rings. The number of allylic oxidation sites excluding steroid dienone is 2. The quantitative estimate of drug-likeness (QED) is 0.229. The third-order valence-electron chi connectivity index (χ3n) is 15.6. The van der Waals surface area contributed by atoms with Gasteiger partial charge in [-0.2, -0.15) is 0 Å². The minimum absolute atomic E-state index is 0.00696. The van der Waals surface area contributed by atoms with Crippen molar-refractivity contribution >= 4 is 17.4 Å². The molecule has 1 aromatic carbocycles. The third-order valence-corrected chi connectivity index (χ3v) is 15.6. The molecule has 3 aliphatic heterocycles. The highest BCUT2D eigenvalue weighted by atomic mass is 16.7. The van der Waals surface area contributed by atoms with Gasteiger partial charge in [0.15, 0.2) is 18.4 Å². The number of carbonyl (C=O) groups excluding carboxylic acids is 2. The number of aliphatic hydroxyl groups is 1. The maximum Gasteiger partial charge on any atom is 0.306 e. The number of hydrogen-bond acceptors (Lipinski definition) is 15. The maximum atomic E-state index is 15.3. The normalized spacial score (nSPS) is 41.8. The topological polar surface area (TPSA) is 162 Å². The minimum Gasteiger partial charge on any atom is -0.497 e. The van der Waals surface area contributed by atoms with Crippen LogP contribution in [0.2, 0.25) is 0 Å². The van der Waals surface area contributed by atoms with E-state index in [9.17, 15) is 9.90 Å². The number of methoxy groups -OCH3 is 5. The summed E-state index contributed by atoms with van der Waals surface area (Å²) < 4.78 is 61.6. The fraction of sp³-hybridized carbons (Fsp3) is 0.796. The first-order chi connectivity index (χ1) is 30.7. The van der Waals surface area contributed by atoms with E-state index in [1.165, 1.54) is 0 Å². The Kier molecular flexibility index (Phi) is 16.4. The van der Waals surface area contributed by atoms with Crippen molar-refractivity contribution in [3.8, 4) is 11.5 Å². The molecule has 0 amide bonds. The summed E-state index contributed by atoms with van der Waals surface area (Å²) in [6, 6.07) is 5.23. The zero-order valence-electron chi connectivity index (χ0n) is 39.9. The minimum atomic E-state index is -0.880. The van der Waals surface area contributed by atoms with Gasteiger partial charge in [-0.1, -0.05) is 19.9 Å². The van der Waals surface area contributed by atoms with Crippen LogP contribution in [-0.4, -0.2) is 151 Å². The summed E-state index contributed by atoms with van der Waals surface area (Å²) in [7, 11) is 12.2. The van der Waals surface area contributed by atoms with Gasteiger partial charge < -0.3 is 62.7 Å². The molecular formula is C49H76N2O13. The first kappa shape index (κ1) is 49.1. The molecule has 0 aromatic heterocycles. The fourth-order valence-corrected chi connectivity index (χ4v) is 12.3. The van der Waals surface area contributed by atoms with Gasteiger partial charge in [-0.05, 0) is 121 Å². The zero-order valence-corrected chi connectivity index (χ0v) is 39.9. The smallest absolute Gasteiger partial charge is 0.306 e. The molecule has 64 heavy (non-hydrogen) atoms. The van der Waals surface area contributed by atoms with Crippen molar-refractivity contribution in [1.29, 1.82) is 0 Å². The zero-order chi connectivity index (χ0) is 46.0. The number of rotatable bonds is 13. The third kappa shape index (κ3) is 10.0. The molecule has 15 nitrogen and oxygen atoms in total. The van der Waals surface area contributed by atoms with E-state index in [1.54, 1.807) is 41.6 Å². The lowest BCUT2D eigenvalue weighted by molar-refractivity contribution is -0.314. The van der Waals surface area contributed by atoms with Crippen molar-refractivity contribution < 1.29 is 62.1 Å². The van der Waals surface area contributed by atoms with Crippen LogP contribution in [0.1, 0.15) is 85.5 Å². The summed E-state index contributed by atoms with van der Waals surface area (Å²) in [6.45, 7) is 8.03. The summed E-state index contributed by atoms with van der Waals surface area (Å²) >= 11 is 0. The van der Waals surface area contributed by atoms with Gasteiger partial charge in [0.2, 0.25) is 0 Å². The van der Waals surface area contributed by atoms with E-state index in [0.717, 1.165) is 19.3 Å². The van der Waals surface area contributed by atoms with E-state index >= 15 is 4.79 Å². The number of ketones is 1. The Hall–Kier alpha value is -2.86. The number of cyclic esters (lactones) is 1. The average Bonchev–Trinajstić information content (AvgIpc) is 3.87. The van der Waals surface area contributed by atoms with Crippen LogP contribution in [0.25, 0.3) is 0 Å². The number of ether oxygens (including phenoxy) is 10. The van der Waals surface area contributed by atoms with Crippen LogP contribution in [0.5, 0.6) is 11.5 Å². The second-order valence-electron chi connectivity index (χ2n) is 19.3. The number of aliphatic hydroxyl groups excluding tert-OH is 1. The molecule has 6 aliphatic rings. The number of Topliss-reactive ketones (excluding diaryl/α,β-unsaturated/α-hetero) is 1. The Labute approximate surface area is 380 Å². The number of carbonyl (C=O) groups is 2. The van der Waals surface area contributed by atoms with Gasteiger partial charge in [0.25, 0.3) is 0 Å². The molecule has 3 saturated heterocycles. The van der Waals surface area contributed by atoms with E-state index in [-0.39, 0.29) is 78.4 Å². The van der Waals surface area contributed by atoms with E-state index in [1.807, 2.05) is 32.9 Å². The van der Waals surface area contributed by atoms with Crippen LogP contribution in [0.4, 0.5) is 5.69 Å². The van der Waals surface area contributed by atoms with Gasteiger partial charge in [0.05, 0.1) is 62.9 Å². The molecule has 0 spiro atoms. The number of esters is 1. The van der Waals surface area contributed by atoms with Crippen molar-refractivity contribution in [3.05, 3.63) is 29.8 Å². The summed E-state index contributed by atoms with van der Waals surface area (Å²) in [5, 5.41) is 16.4. The van der Waals surface area contributed by atoms with E-state index < -0.39 is 54.9 Å². The summed E-state index contributed by atoms with van der Waals surface area (Å²) in [5.41, 5.74) is 1.28. The van der Waals surface area contributed by atoms with Gasteiger partial charge >= 0.3 is 5.97 Å². The van der Waals surface area contributed by atoms with E-state index in [4.69, 9.17) is 47.4 Å². The lowest BCUT2D eigenvalue weighted by atomic mass is 9.62. The molecule has 0 radical (unpaired) electrons. The number of nitrogens with zero attached hydrogens (tertiary/aromatic N) is 1. The van der Waals surface area contributed by atoms with Crippen molar-refractivity contribution in [2.75, 3.05) is 55.0 Å². The molecule has 7 rings (SSSR count). The van der Waals surface area contributed by atoms with Crippen molar-refractivity contribution in [3.63, 3.8) is 0 Å². The number of fused-ring (bicyclic) bond motifs is 5. The molecule has 2 N–H and O–H groups in total. The molecule has 2 saturated carbocycles. The Balaban J connectivity index is 1.24. The molecule has 15 heteroatoms. The van der Waals surface area contributed by atoms with Crippen LogP contribution < -0.4 is 14.8 Å². The van der Waals surface area contributed by atoms with E-state index in [0.29, 0.717) is 54.9 Å².